The minimum atomic E-state index is -1.30. The topological polar surface area (TPSA) is 98.1 Å². The second-order valence-electron chi connectivity index (χ2n) is 6.14. The van der Waals surface area contributed by atoms with E-state index in [2.05, 4.69) is 0 Å². The van der Waals surface area contributed by atoms with Gasteiger partial charge in [0.25, 0.3) is 0 Å². The maximum Gasteiger partial charge on any atom is 0.314 e. The molecule has 6 heteroatoms. The summed E-state index contributed by atoms with van der Waals surface area (Å²) in [6.45, 7) is 2.19. The fraction of sp³-hybridized carbons (Fsp3) is 0.529. The molecule has 2 atom stereocenters. The van der Waals surface area contributed by atoms with Gasteiger partial charge in [0.15, 0.2) is 0 Å². The smallest absolute Gasteiger partial charge is 0.314 e. The Labute approximate surface area is 135 Å². The highest BCUT2D eigenvalue weighted by Crippen LogP contribution is 2.36. The Balaban J connectivity index is 2.15. The van der Waals surface area contributed by atoms with E-state index in [1.807, 2.05) is 6.92 Å². The maximum atomic E-state index is 12.5. The van der Waals surface area contributed by atoms with E-state index in [1.54, 1.807) is 18.2 Å². The van der Waals surface area contributed by atoms with Crippen LogP contribution >= 0.6 is 0 Å². The summed E-state index contributed by atoms with van der Waals surface area (Å²) in [6, 6.07) is 6.60. The number of hydrogen-bond donors (Lipinski definition) is 3. The number of benzene rings is 1. The second-order valence-corrected chi connectivity index (χ2v) is 6.14. The number of hydrogen-bond acceptors (Lipinski definition) is 4. The van der Waals surface area contributed by atoms with Crippen molar-refractivity contribution in [3.8, 4) is 5.75 Å². The third kappa shape index (κ3) is 3.47. The number of nitrogens with zero attached hydrogens (tertiary/aromatic N) is 1. The number of aliphatic carboxylic acids is 1. The van der Waals surface area contributed by atoms with Gasteiger partial charge >= 0.3 is 5.97 Å². The summed E-state index contributed by atoms with van der Waals surface area (Å²) >= 11 is 0. The van der Waals surface area contributed by atoms with Crippen LogP contribution in [0.5, 0.6) is 5.75 Å². The Kier molecular flexibility index (Phi) is 5.26. The number of rotatable bonds is 5. The van der Waals surface area contributed by atoms with Gasteiger partial charge in [0.2, 0.25) is 5.91 Å². The van der Waals surface area contributed by atoms with Crippen LogP contribution in [0, 0.1) is 5.41 Å². The van der Waals surface area contributed by atoms with Gasteiger partial charge in [0.05, 0.1) is 12.5 Å². The highest BCUT2D eigenvalue weighted by atomic mass is 16.4. The number of aromatic hydroxyl groups is 1. The van der Waals surface area contributed by atoms with Gasteiger partial charge < -0.3 is 20.2 Å². The molecule has 1 aromatic rings. The van der Waals surface area contributed by atoms with E-state index in [9.17, 15) is 24.9 Å². The highest BCUT2D eigenvalue weighted by Gasteiger charge is 2.49. The number of carboxylic acids is 1. The Morgan fingerprint density at radius 3 is 2.65 bits per heavy atom. The molecule has 0 saturated carbocycles. The van der Waals surface area contributed by atoms with Gasteiger partial charge in [0, 0.05) is 18.7 Å². The molecule has 1 heterocycles. The van der Waals surface area contributed by atoms with E-state index in [-0.39, 0.29) is 31.0 Å². The number of phenolic OH excluding ortho intramolecular Hbond substituents is 1. The Morgan fingerprint density at radius 1 is 1.35 bits per heavy atom. The summed E-state index contributed by atoms with van der Waals surface area (Å²) in [7, 11) is 0. The monoisotopic (exact) mass is 321 g/mol. The first-order valence-electron chi connectivity index (χ1n) is 7.87. The van der Waals surface area contributed by atoms with Gasteiger partial charge in [-0.25, -0.2) is 0 Å². The minimum Gasteiger partial charge on any atom is -0.508 e. The lowest BCUT2D eigenvalue weighted by Gasteiger charge is -2.43. The zero-order chi connectivity index (χ0) is 17.0. The summed E-state index contributed by atoms with van der Waals surface area (Å²) in [4.78, 5) is 25.7. The Bertz CT molecular complexity index is 588. The van der Waals surface area contributed by atoms with Crippen molar-refractivity contribution in [2.45, 2.75) is 38.7 Å². The molecule has 1 fully saturated rings. The molecule has 0 aromatic heterocycles. The van der Waals surface area contributed by atoms with Crippen molar-refractivity contribution >= 4 is 11.9 Å². The van der Waals surface area contributed by atoms with Gasteiger partial charge in [-0.15, -0.1) is 0 Å². The molecule has 3 N–H and O–H groups in total. The zero-order valence-electron chi connectivity index (χ0n) is 13.2. The average Bonchev–Trinajstić information content (AvgIpc) is 2.51. The van der Waals surface area contributed by atoms with E-state index < -0.39 is 17.5 Å². The third-order valence-electron chi connectivity index (χ3n) is 4.59. The van der Waals surface area contributed by atoms with Crippen molar-refractivity contribution in [2.75, 3.05) is 13.1 Å². The normalized spacial score (nSPS) is 24.4. The van der Waals surface area contributed by atoms with E-state index in [4.69, 9.17) is 0 Å². The van der Waals surface area contributed by atoms with Gasteiger partial charge in [-0.1, -0.05) is 31.5 Å². The quantitative estimate of drug-likeness (QED) is 0.761. The molecule has 1 amide bonds. The largest absolute Gasteiger partial charge is 0.508 e. The number of para-hydroxylation sites is 1. The summed E-state index contributed by atoms with van der Waals surface area (Å²) < 4.78 is 0. The molecule has 0 unspecified atom stereocenters. The molecule has 0 bridgehead atoms. The fourth-order valence-electron chi connectivity index (χ4n) is 3.24. The van der Waals surface area contributed by atoms with Gasteiger partial charge in [0.1, 0.15) is 11.2 Å². The number of carboxylic acid groups (broad SMARTS) is 1. The first-order chi connectivity index (χ1) is 10.9. The SMILES string of the molecule is CCC[C@@]1(C(=O)O)CN(C(=O)Cc2ccccc2O)CC[C@@H]1O. The van der Waals surface area contributed by atoms with Crippen LogP contribution in [0.3, 0.4) is 0 Å². The molecule has 126 valence electrons. The van der Waals surface area contributed by atoms with Crippen LogP contribution in [0.15, 0.2) is 24.3 Å². The Hall–Kier alpha value is -2.08. The standard InChI is InChI=1S/C17H23NO5/c1-2-8-17(16(22)23)11-18(9-7-14(17)20)15(21)10-12-5-3-4-6-13(12)19/h3-6,14,19-20H,2,7-11H2,1H3,(H,22,23)/t14-,17+/m0/s1. The molecule has 23 heavy (non-hydrogen) atoms. The molecule has 0 aliphatic carbocycles. The van der Waals surface area contributed by atoms with Crippen LogP contribution in [0.1, 0.15) is 31.7 Å². The van der Waals surface area contributed by atoms with Crippen LogP contribution in [0.4, 0.5) is 0 Å². The van der Waals surface area contributed by atoms with Crippen molar-refractivity contribution < 1.29 is 24.9 Å². The average molecular weight is 321 g/mol. The molecule has 6 nitrogen and oxygen atoms in total. The van der Waals surface area contributed by atoms with Crippen LogP contribution in [-0.4, -0.2) is 51.3 Å². The minimum absolute atomic E-state index is 0.00374. The molecular weight excluding hydrogens is 298 g/mol. The van der Waals surface area contributed by atoms with Gasteiger partial charge in [-0.05, 0) is 18.9 Å². The van der Waals surface area contributed by atoms with E-state index in [0.717, 1.165) is 0 Å². The maximum absolute atomic E-state index is 12.5. The van der Waals surface area contributed by atoms with Crippen molar-refractivity contribution in [3.63, 3.8) is 0 Å². The van der Waals surface area contributed by atoms with Crippen molar-refractivity contribution in [1.82, 2.24) is 4.90 Å². The first kappa shape index (κ1) is 17.3. The van der Waals surface area contributed by atoms with Gasteiger partial charge in [-0.2, -0.15) is 0 Å². The lowest BCUT2D eigenvalue weighted by molar-refractivity contribution is -0.166. The van der Waals surface area contributed by atoms with Crippen molar-refractivity contribution in [1.29, 1.82) is 0 Å². The molecule has 1 aliphatic rings. The Morgan fingerprint density at radius 2 is 2.04 bits per heavy atom. The number of amides is 1. The summed E-state index contributed by atoms with van der Waals surface area (Å²) in [5, 5.41) is 29.6. The number of aliphatic hydroxyl groups excluding tert-OH is 1. The summed E-state index contributed by atoms with van der Waals surface area (Å²) in [5.74, 6) is -1.25. The van der Waals surface area contributed by atoms with E-state index in [0.29, 0.717) is 24.9 Å². The first-order valence-corrected chi connectivity index (χ1v) is 7.87. The summed E-state index contributed by atoms with van der Waals surface area (Å²) in [6.07, 6.45) is 0.257. The molecular formula is C17H23NO5. The molecule has 1 aromatic carbocycles. The molecule has 2 rings (SSSR count). The van der Waals surface area contributed by atoms with E-state index >= 15 is 0 Å². The predicted octanol–water partition coefficient (Wildman–Crippen LogP) is 1.40. The van der Waals surface area contributed by atoms with E-state index in [1.165, 1.54) is 11.0 Å². The number of phenols is 1. The fourth-order valence-corrected chi connectivity index (χ4v) is 3.24. The molecule has 1 aliphatic heterocycles. The number of piperidine rings is 1. The number of carbonyl (C=O) groups is 2. The van der Waals surface area contributed by atoms with Crippen LogP contribution in [0.2, 0.25) is 0 Å². The highest BCUT2D eigenvalue weighted by molar-refractivity contribution is 5.82. The third-order valence-corrected chi connectivity index (χ3v) is 4.59. The van der Waals surface area contributed by atoms with Crippen LogP contribution in [-0.2, 0) is 16.0 Å². The van der Waals surface area contributed by atoms with Crippen LogP contribution in [0.25, 0.3) is 0 Å². The van der Waals surface area contributed by atoms with Crippen molar-refractivity contribution in [3.05, 3.63) is 29.8 Å². The number of likely N-dealkylation sites (tertiary alicyclic amines) is 1. The van der Waals surface area contributed by atoms with Crippen LogP contribution < -0.4 is 0 Å². The number of aliphatic hydroxyl groups is 1. The molecule has 1 saturated heterocycles. The lowest BCUT2D eigenvalue weighted by atomic mass is 9.74. The predicted molar refractivity (Wildman–Crippen MR) is 84.0 cm³/mol. The summed E-state index contributed by atoms with van der Waals surface area (Å²) in [5.41, 5.74) is -0.790. The van der Waals surface area contributed by atoms with Crippen molar-refractivity contribution in [2.24, 2.45) is 5.41 Å². The lowest BCUT2D eigenvalue weighted by Crippen LogP contribution is -2.57. The molecule has 0 radical (unpaired) electrons. The number of carbonyl (C=O) groups excluding carboxylic acids is 1. The zero-order valence-corrected chi connectivity index (χ0v) is 13.2. The second kappa shape index (κ2) is 7.00. The molecule has 0 spiro atoms. The van der Waals surface area contributed by atoms with Gasteiger partial charge in [-0.3, -0.25) is 9.59 Å².